The molecule has 10 heteroatoms. The van der Waals surface area contributed by atoms with Gasteiger partial charge in [0.2, 0.25) is 5.91 Å². The topological polar surface area (TPSA) is 64.7 Å². The summed E-state index contributed by atoms with van der Waals surface area (Å²) >= 11 is 0. The molecular formula is C13H15F4N5O. The molecule has 2 aromatic rings. The molecule has 6 nitrogen and oxygen atoms in total. The summed E-state index contributed by atoms with van der Waals surface area (Å²) in [6.07, 6.45) is -4.24. The number of carbonyl (C=O) groups is 1. The molecule has 0 aliphatic heterocycles. The summed E-state index contributed by atoms with van der Waals surface area (Å²) < 4.78 is 52.9. The Morgan fingerprint density at radius 3 is 2.57 bits per heavy atom. The first-order valence-corrected chi connectivity index (χ1v) is 6.83. The third-order valence-electron chi connectivity index (χ3n) is 3.06. The Labute approximate surface area is 129 Å². The van der Waals surface area contributed by atoms with Crippen molar-refractivity contribution < 1.29 is 22.4 Å². The number of rotatable bonds is 7. The van der Waals surface area contributed by atoms with E-state index in [-0.39, 0.29) is 6.54 Å². The molecule has 0 saturated heterocycles. The summed E-state index contributed by atoms with van der Waals surface area (Å²) in [5, 5.41) is 9.97. The van der Waals surface area contributed by atoms with E-state index in [0.717, 1.165) is 0 Å². The second-order valence-corrected chi connectivity index (χ2v) is 4.69. The third-order valence-corrected chi connectivity index (χ3v) is 3.06. The monoisotopic (exact) mass is 333 g/mol. The van der Waals surface area contributed by atoms with Gasteiger partial charge in [0.1, 0.15) is 17.9 Å². The molecule has 2 heterocycles. The molecule has 0 unspecified atom stereocenters. The van der Waals surface area contributed by atoms with E-state index in [1.807, 2.05) is 6.92 Å². The Kier molecular flexibility index (Phi) is 5.35. The maximum absolute atomic E-state index is 12.8. The summed E-state index contributed by atoms with van der Waals surface area (Å²) in [6, 6.07) is 2.31. The zero-order chi connectivity index (χ0) is 17.0. The zero-order valence-electron chi connectivity index (χ0n) is 12.2. The lowest BCUT2D eigenvalue weighted by Crippen LogP contribution is -2.28. The second-order valence-electron chi connectivity index (χ2n) is 4.69. The molecule has 0 fully saturated rings. The number of halogens is 4. The molecule has 0 aliphatic rings. The van der Waals surface area contributed by atoms with Crippen molar-refractivity contribution in [2.24, 2.45) is 0 Å². The van der Waals surface area contributed by atoms with Gasteiger partial charge >= 0.3 is 0 Å². The van der Waals surface area contributed by atoms with E-state index in [2.05, 4.69) is 15.5 Å². The molecule has 1 N–H and O–H groups in total. The Morgan fingerprint density at radius 1 is 1.26 bits per heavy atom. The Hall–Kier alpha value is -2.39. The van der Waals surface area contributed by atoms with Gasteiger partial charge in [0.25, 0.3) is 12.9 Å². The summed E-state index contributed by atoms with van der Waals surface area (Å²) in [5.74, 6) is -0.623. The molecule has 0 saturated carbocycles. The van der Waals surface area contributed by atoms with Crippen LogP contribution in [-0.4, -0.2) is 25.5 Å². The van der Waals surface area contributed by atoms with E-state index < -0.39 is 36.7 Å². The molecule has 0 aliphatic carbocycles. The van der Waals surface area contributed by atoms with Crippen LogP contribution in [0.1, 0.15) is 36.9 Å². The fourth-order valence-corrected chi connectivity index (χ4v) is 1.92. The highest BCUT2D eigenvalue weighted by atomic mass is 19.3. The predicted octanol–water partition coefficient (Wildman–Crippen LogP) is 2.29. The lowest BCUT2D eigenvalue weighted by atomic mass is 10.3. The maximum Gasteiger partial charge on any atom is 0.282 e. The molecule has 0 bridgehead atoms. The predicted molar refractivity (Wildman–Crippen MR) is 71.9 cm³/mol. The standard InChI is InChI=1S/C13H15F4N5O/c1-2-21-4-3-8(19-21)6-18-11(23)7-22-10(13(16)17)5-9(20-22)12(14)15/h3-5,12-13H,2,6-7H2,1H3,(H,18,23). The molecule has 0 atom stereocenters. The summed E-state index contributed by atoms with van der Waals surface area (Å²) in [5.41, 5.74) is -0.900. The quantitative estimate of drug-likeness (QED) is 0.791. The van der Waals surface area contributed by atoms with E-state index in [1.54, 1.807) is 16.9 Å². The Morgan fingerprint density at radius 2 is 2.00 bits per heavy atom. The average Bonchev–Trinajstić information content (AvgIpc) is 3.11. The van der Waals surface area contributed by atoms with Crippen LogP contribution in [0, 0.1) is 0 Å². The van der Waals surface area contributed by atoms with Gasteiger partial charge in [0, 0.05) is 12.7 Å². The molecule has 1 amide bonds. The molecule has 0 spiro atoms. The van der Waals surface area contributed by atoms with Crippen molar-refractivity contribution in [2.45, 2.75) is 39.4 Å². The first-order chi connectivity index (χ1) is 10.9. The first kappa shape index (κ1) is 17.0. The second kappa shape index (κ2) is 7.25. The van der Waals surface area contributed by atoms with Crippen LogP contribution in [0.5, 0.6) is 0 Å². The normalized spacial score (nSPS) is 11.4. The van der Waals surface area contributed by atoms with Crippen molar-refractivity contribution in [1.29, 1.82) is 0 Å². The smallest absolute Gasteiger partial charge is 0.282 e. The number of nitrogens with zero attached hydrogens (tertiary/aromatic N) is 4. The van der Waals surface area contributed by atoms with Crippen LogP contribution in [0.15, 0.2) is 18.3 Å². The third kappa shape index (κ3) is 4.30. The van der Waals surface area contributed by atoms with Crippen molar-refractivity contribution >= 4 is 5.91 Å². The van der Waals surface area contributed by atoms with Gasteiger partial charge < -0.3 is 5.32 Å². The van der Waals surface area contributed by atoms with Gasteiger partial charge in [-0.25, -0.2) is 17.6 Å². The Bertz CT molecular complexity index is 667. The van der Waals surface area contributed by atoms with Crippen LogP contribution in [0.25, 0.3) is 0 Å². The number of aromatic nitrogens is 4. The van der Waals surface area contributed by atoms with Crippen LogP contribution in [0.4, 0.5) is 17.6 Å². The van der Waals surface area contributed by atoms with Crippen LogP contribution >= 0.6 is 0 Å². The average molecular weight is 333 g/mol. The minimum Gasteiger partial charge on any atom is -0.349 e. The van der Waals surface area contributed by atoms with Gasteiger partial charge in [-0.05, 0) is 19.1 Å². The van der Waals surface area contributed by atoms with Crippen molar-refractivity contribution in [3.8, 4) is 0 Å². The van der Waals surface area contributed by atoms with Gasteiger partial charge in [0.15, 0.2) is 0 Å². The van der Waals surface area contributed by atoms with Gasteiger partial charge in [-0.15, -0.1) is 0 Å². The highest BCUT2D eigenvalue weighted by Gasteiger charge is 2.22. The molecule has 23 heavy (non-hydrogen) atoms. The highest BCUT2D eigenvalue weighted by molar-refractivity contribution is 5.75. The number of alkyl halides is 4. The van der Waals surface area contributed by atoms with Crippen LogP contribution < -0.4 is 5.32 Å². The van der Waals surface area contributed by atoms with Crippen LogP contribution in [0.3, 0.4) is 0 Å². The number of hydrogen-bond donors (Lipinski definition) is 1. The molecule has 2 aromatic heterocycles. The summed E-state index contributed by atoms with van der Waals surface area (Å²) in [4.78, 5) is 11.8. The van der Waals surface area contributed by atoms with Crippen molar-refractivity contribution in [3.05, 3.63) is 35.4 Å². The van der Waals surface area contributed by atoms with Crippen LogP contribution in [-0.2, 0) is 24.4 Å². The van der Waals surface area contributed by atoms with E-state index in [0.29, 0.717) is 23.0 Å². The van der Waals surface area contributed by atoms with Crippen molar-refractivity contribution in [3.63, 3.8) is 0 Å². The summed E-state index contributed by atoms with van der Waals surface area (Å²) in [7, 11) is 0. The molecule has 126 valence electrons. The highest BCUT2D eigenvalue weighted by Crippen LogP contribution is 2.24. The van der Waals surface area contributed by atoms with E-state index in [9.17, 15) is 22.4 Å². The number of aryl methyl sites for hydroxylation is 1. The van der Waals surface area contributed by atoms with Gasteiger partial charge in [-0.2, -0.15) is 10.2 Å². The van der Waals surface area contributed by atoms with Gasteiger partial charge in [-0.3, -0.25) is 14.2 Å². The Balaban J connectivity index is 1.99. The number of nitrogens with one attached hydrogen (secondary N) is 1. The van der Waals surface area contributed by atoms with Crippen molar-refractivity contribution in [1.82, 2.24) is 24.9 Å². The molecular weight excluding hydrogens is 318 g/mol. The fourth-order valence-electron chi connectivity index (χ4n) is 1.92. The van der Waals surface area contributed by atoms with E-state index >= 15 is 0 Å². The largest absolute Gasteiger partial charge is 0.349 e. The van der Waals surface area contributed by atoms with Gasteiger partial charge in [0.05, 0.1) is 12.2 Å². The first-order valence-electron chi connectivity index (χ1n) is 6.83. The molecule has 0 aromatic carbocycles. The minimum absolute atomic E-state index is 0.110. The molecule has 2 rings (SSSR count). The number of carbonyl (C=O) groups excluding carboxylic acids is 1. The van der Waals surface area contributed by atoms with E-state index in [4.69, 9.17) is 0 Å². The molecule has 0 radical (unpaired) electrons. The zero-order valence-corrected chi connectivity index (χ0v) is 12.2. The SMILES string of the molecule is CCn1ccc(CNC(=O)Cn2nc(C(F)F)cc2C(F)F)n1. The lowest BCUT2D eigenvalue weighted by Gasteiger charge is -2.07. The summed E-state index contributed by atoms with van der Waals surface area (Å²) in [6.45, 7) is 2.12. The van der Waals surface area contributed by atoms with Crippen LogP contribution in [0.2, 0.25) is 0 Å². The lowest BCUT2D eigenvalue weighted by molar-refractivity contribution is -0.122. The van der Waals surface area contributed by atoms with E-state index in [1.165, 1.54) is 0 Å². The fraction of sp³-hybridized carbons (Fsp3) is 0.462. The minimum atomic E-state index is -3.00. The van der Waals surface area contributed by atoms with Crippen molar-refractivity contribution in [2.75, 3.05) is 0 Å². The number of hydrogen-bond acceptors (Lipinski definition) is 3. The maximum atomic E-state index is 12.8. The number of amides is 1. The van der Waals surface area contributed by atoms with Gasteiger partial charge in [-0.1, -0.05) is 0 Å².